The molecule has 0 bridgehead atoms. The van der Waals surface area contributed by atoms with Crippen molar-refractivity contribution < 1.29 is 22.3 Å². The van der Waals surface area contributed by atoms with Crippen molar-refractivity contribution in [2.75, 3.05) is 20.2 Å². The first-order valence-corrected chi connectivity index (χ1v) is 6.68. The minimum atomic E-state index is -3.81. The summed E-state index contributed by atoms with van der Waals surface area (Å²) in [4.78, 5) is 11.1. The third-order valence-electron chi connectivity index (χ3n) is 2.34. The first kappa shape index (κ1) is 14.6. The fraction of sp³-hybridized carbons (Fsp3) is 0.364. The van der Waals surface area contributed by atoms with Gasteiger partial charge in [-0.2, -0.15) is 4.31 Å². The molecule has 5 nitrogen and oxygen atoms in total. The van der Waals surface area contributed by atoms with Gasteiger partial charge in [0.05, 0.1) is 12.0 Å². The van der Waals surface area contributed by atoms with Gasteiger partial charge in [-0.15, -0.1) is 0 Å². The van der Waals surface area contributed by atoms with Crippen LogP contribution in [0.25, 0.3) is 0 Å². The lowest BCUT2D eigenvalue weighted by molar-refractivity contribution is -0.140. The first-order chi connectivity index (χ1) is 8.41. The lowest BCUT2D eigenvalue weighted by Crippen LogP contribution is -2.36. The highest BCUT2D eigenvalue weighted by atomic mass is 32.2. The Hall–Kier alpha value is -1.47. The number of halogens is 1. The maximum Gasteiger partial charge on any atom is 0.321 e. The van der Waals surface area contributed by atoms with Gasteiger partial charge >= 0.3 is 5.97 Å². The Kier molecular flexibility index (Phi) is 4.80. The number of ether oxygens (including phenoxy) is 1. The predicted octanol–water partition coefficient (Wildman–Crippen LogP) is 1.01. The van der Waals surface area contributed by atoms with Gasteiger partial charge in [0.1, 0.15) is 12.4 Å². The summed E-state index contributed by atoms with van der Waals surface area (Å²) in [6, 6.07) is 4.42. The molecule has 1 rings (SSSR count). The normalized spacial score (nSPS) is 11.6. The number of rotatable bonds is 5. The highest BCUT2D eigenvalue weighted by Gasteiger charge is 2.25. The van der Waals surface area contributed by atoms with Crippen molar-refractivity contribution in [3.63, 3.8) is 0 Å². The number of likely N-dealkylation sites (N-methyl/N-ethyl adjacent to an activating group) is 1. The average molecular weight is 275 g/mol. The Labute approximate surface area is 105 Å². The zero-order chi connectivity index (χ0) is 13.8. The average Bonchev–Trinajstić information content (AvgIpc) is 2.35. The van der Waals surface area contributed by atoms with E-state index in [-0.39, 0.29) is 18.0 Å². The van der Waals surface area contributed by atoms with E-state index in [1.54, 1.807) is 6.92 Å². The Bertz CT molecular complexity index is 512. The smallest absolute Gasteiger partial charge is 0.321 e. The number of carbonyl (C=O) groups excluding carboxylic acids is 1. The van der Waals surface area contributed by atoms with Gasteiger partial charge in [-0.25, -0.2) is 12.8 Å². The second-order valence-electron chi connectivity index (χ2n) is 3.46. The quantitative estimate of drug-likeness (QED) is 0.752. The number of nitrogens with zero attached hydrogens (tertiary/aromatic N) is 1. The molecular formula is C11H14FNO4S. The van der Waals surface area contributed by atoms with E-state index in [0.717, 1.165) is 28.6 Å². The lowest BCUT2D eigenvalue weighted by atomic mass is 10.4. The van der Waals surface area contributed by atoms with Gasteiger partial charge in [0.2, 0.25) is 10.0 Å². The molecule has 100 valence electrons. The van der Waals surface area contributed by atoms with E-state index in [2.05, 4.69) is 4.74 Å². The van der Waals surface area contributed by atoms with Crippen LogP contribution in [0.2, 0.25) is 0 Å². The maximum absolute atomic E-state index is 12.7. The van der Waals surface area contributed by atoms with Gasteiger partial charge in [-0.05, 0) is 24.3 Å². The number of sulfonamides is 1. The molecule has 1 aromatic rings. The van der Waals surface area contributed by atoms with E-state index in [1.165, 1.54) is 7.11 Å². The molecular weight excluding hydrogens is 261 g/mol. The summed E-state index contributed by atoms with van der Waals surface area (Å²) >= 11 is 0. The largest absolute Gasteiger partial charge is 0.468 e. The summed E-state index contributed by atoms with van der Waals surface area (Å²) in [6.07, 6.45) is 0. The molecule has 0 aromatic heterocycles. The Morgan fingerprint density at radius 3 is 2.33 bits per heavy atom. The van der Waals surface area contributed by atoms with E-state index >= 15 is 0 Å². The number of methoxy groups -OCH3 is 1. The third-order valence-corrected chi connectivity index (χ3v) is 4.27. The van der Waals surface area contributed by atoms with Gasteiger partial charge < -0.3 is 4.74 Å². The molecule has 0 atom stereocenters. The zero-order valence-corrected chi connectivity index (χ0v) is 10.9. The molecule has 18 heavy (non-hydrogen) atoms. The topological polar surface area (TPSA) is 63.7 Å². The van der Waals surface area contributed by atoms with E-state index in [0.29, 0.717) is 0 Å². The van der Waals surface area contributed by atoms with Crippen molar-refractivity contribution >= 4 is 16.0 Å². The molecule has 7 heteroatoms. The Morgan fingerprint density at radius 2 is 1.89 bits per heavy atom. The van der Waals surface area contributed by atoms with Gasteiger partial charge in [0, 0.05) is 6.54 Å². The van der Waals surface area contributed by atoms with E-state index in [9.17, 15) is 17.6 Å². The molecule has 0 radical (unpaired) electrons. The molecule has 0 unspecified atom stereocenters. The van der Waals surface area contributed by atoms with Crippen LogP contribution in [0.3, 0.4) is 0 Å². The van der Waals surface area contributed by atoms with Crippen LogP contribution in [-0.2, 0) is 19.6 Å². The molecule has 0 saturated heterocycles. The standard InChI is InChI=1S/C11H14FNO4S/c1-3-13(8-11(14)17-2)18(15,16)10-6-4-9(12)5-7-10/h4-7H,3,8H2,1-2H3. The van der Waals surface area contributed by atoms with Gasteiger partial charge in [0.25, 0.3) is 0 Å². The summed E-state index contributed by atoms with van der Waals surface area (Å²) in [5, 5.41) is 0. The molecule has 1 aromatic carbocycles. The van der Waals surface area contributed by atoms with Crippen LogP contribution in [0.5, 0.6) is 0 Å². The van der Waals surface area contributed by atoms with Crippen LogP contribution in [0, 0.1) is 5.82 Å². The summed E-state index contributed by atoms with van der Waals surface area (Å²) in [6.45, 7) is 1.35. The fourth-order valence-corrected chi connectivity index (χ4v) is 2.72. The fourth-order valence-electron chi connectivity index (χ4n) is 1.33. The van der Waals surface area contributed by atoms with E-state index in [1.807, 2.05) is 0 Å². The first-order valence-electron chi connectivity index (χ1n) is 5.24. The molecule has 0 aliphatic heterocycles. The predicted molar refractivity (Wildman–Crippen MR) is 62.8 cm³/mol. The number of hydrogen-bond donors (Lipinski definition) is 0. The number of hydrogen-bond acceptors (Lipinski definition) is 4. The molecule has 0 amide bonds. The number of carbonyl (C=O) groups is 1. The van der Waals surface area contributed by atoms with Crippen molar-refractivity contribution in [1.29, 1.82) is 0 Å². The molecule has 0 fully saturated rings. The highest BCUT2D eigenvalue weighted by Crippen LogP contribution is 2.15. The van der Waals surface area contributed by atoms with Crippen LogP contribution in [0.15, 0.2) is 29.2 Å². The van der Waals surface area contributed by atoms with Crippen LogP contribution in [0.1, 0.15) is 6.92 Å². The minimum Gasteiger partial charge on any atom is -0.468 e. The Balaban J connectivity index is 3.03. The summed E-state index contributed by atoms with van der Waals surface area (Å²) < 4.78 is 42.4. The van der Waals surface area contributed by atoms with Crippen molar-refractivity contribution in [3.05, 3.63) is 30.1 Å². The maximum atomic E-state index is 12.7. The zero-order valence-electron chi connectivity index (χ0n) is 10.1. The molecule has 0 spiro atoms. The summed E-state index contributed by atoms with van der Waals surface area (Å²) in [7, 11) is -2.63. The van der Waals surface area contributed by atoms with Crippen LogP contribution in [0.4, 0.5) is 4.39 Å². The monoisotopic (exact) mass is 275 g/mol. The minimum absolute atomic E-state index is 0.0605. The molecule has 0 N–H and O–H groups in total. The second kappa shape index (κ2) is 5.92. The Morgan fingerprint density at radius 1 is 1.33 bits per heavy atom. The third kappa shape index (κ3) is 3.27. The van der Waals surface area contributed by atoms with Crippen LogP contribution >= 0.6 is 0 Å². The second-order valence-corrected chi connectivity index (χ2v) is 5.40. The summed E-state index contributed by atoms with van der Waals surface area (Å²) in [5.41, 5.74) is 0. The highest BCUT2D eigenvalue weighted by molar-refractivity contribution is 7.89. The number of benzene rings is 1. The van der Waals surface area contributed by atoms with Crippen molar-refractivity contribution in [2.45, 2.75) is 11.8 Å². The van der Waals surface area contributed by atoms with Gasteiger partial charge in [-0.3, -0.25) is 4.79 Å². The van der Waals surface area contributed by atoms with Crippen molar-refractivity contribution in [1.82, 2.24) is 4.31 Å². The molecule has 0 heterocycles. The molecule has 0 saturated carbocycles. The summed E-state index contributed by atoms with van der Waals surface area (Å²) in [5.74, 6) is -1.17. The van der Waals surface area contributed by atoms with E-state index in [4.69, 9.17) is 0 Å². The van der Waals surface area contributed by atoms with E-state index < -0.39 is 21.8 Å². The molecule has 0 aliphatic carbocycles. The van der Waals surface area contributed by atoms with Gasteiger partial charge in [-0.1, -0.05) is 6.92 Å². The number of esters is 1. The SMILES string of the molecule is CCN(CC(=O)OC)S(=O)(=O)c1ccc(F)cc1. The lowest BCUT2D eigenvalue weighted by Gasteiger charge is -2.19. The van der Waals surface area contributed by atoms with Gasteiger partial charge in [0.15, 0.2) is 0 Å². The molecule has 0 aliphatic rings. The van der Waals surface area contributed by atoms with Crippen molar-refractivity contribution in [2.24, 2.45) is 0 Å². The van der Waals surface area contributed by atoms with Crippen molar-refractivity contribution in [3.8, 4) is 0 Å². The van der Waals surface area contributed by atoms with Crippen LogP contribution in [-0.4, -0.2) is 38.9 Å². The van der Waals surface area contributed by atoms with Crippen LogP contribution < -0.4 is 0 Å².